The number of aliphatic carboxylic acids is 1. The summed E-state index contributed by atoms with van der Waals surface area (Å²) in [4.78, 5) is 23.6. The van der Waals surface area contributed by atoms with Crippen LogP contribution in [0.1, 0.15) is 33.1 Å². The highest BCUT2D eigenvalue weighted by atomic mass is 16.5. The molecule has 0 spiro atoms. The lowest BCUT2D eigenvalue weighted by molar-refractivity contribution is -0.173. The Morgan fingerprint density at radius 1 is 1.44 bits per heavy atom. The van der Waals surface area contributed by atoms with Gasteiger partial charge in [-0.3, -0.25) is 4.79 Å². The van der Waals surface area contributed by atoms with Gasteiger partial charge in [0.25, 0.3) is 0 Å². The molecular weight excluding hydrogens is 210 g/mol. The Bertz CT molecular complexity index is 271. The van der Waals surface area contributed by atoms with Gasteiger partial charge >= 0.3 is 5.97 Å². The lowest BCUT2D eigenvalue weighted by atomic mass is 9.95. The zero-order valence-corrected chi connectivity index (χ0v) is 9.86. The zero-order chi connectivity index (χ0) is 12.2. The fraction of sp³-hybridized carbons (Fsp3) is 0.818. The van der Waals surface area contributed by atoms with Gasteiger partial charge in [0.15, 0.2) is 0 Å². The van der Waals surface area contributed by atoms with E-state index in [1.807, 2.05) is 13.8 Å². The van der Waals surface area contributed by atoms with Gasteiger partial charge in [-0.2, -0.15) is 0 Å². The molecule has 1 heterocycles. The molecule has 0 bridgehead atoms. The number of carboxylic acid groups (broad SMARTS) is 1. The third-order valence-corrected chi connectivity index (χ3v) is 2.69. The van der Waals surface area contributed by atoms with Crippen LogP contribution in [-0.2, 0) is 14.3 Å². The van der Waals surface area contributed by atoms with E-state index in [9.17, 15) is 9.59 Å². The van der Waals surface area contributed by atoms with Gasteiger partial charge < -0.3 is 14.7 Å². The van der Waals surface area contributed by atoms with Crippen molar-refractivity contribution in [3.05, 3.63) is 0 Å². The monoisotopic (exact) mass is 229 g/mol. The first kappa shape index (κ1) is 13.0. The molecule has 5 nitrogen and oxygen atoms in total. The summed E-state index contributed by atoms with van der Waals surface area (Å²) in [6.45, 7) is 4.59. The Morgan fingerprint density at radius 3 is 2.56 bits per heavy atom. The smallest absolute Gasteiger partial charge is 0.329 e. The van der Waals surface area contributed by atoms with Crippen molar-refractivity contribution in [3.63, 3.8) is 0 Å². The first-order chi connectivity index (χ1) is 7.47. The molecule has 0 atom stereocenters. The average molecular weight is 229 g/mol. The predicted molar refractivity (Wildman–Crippen MR) is 58.1 cm³/mol. The van der Waals surface area contributed by atoms with E-state index in [-0.39, 0.29) is 12.5 Å². The van der Waals surface area contributed by atoms with Gasteiger partial charge in [-0.25, -0.2) is 4.79 Å². The van der Waals surface area contributed by atoms with Gasteiger partial charge in [0.2, 0.25) is 5.91 Å². The number of amides is 1. The largest absolute Gasteiger partial charge is 0.480 e. The number of likely N-dealkylation sites (tertiary alicyclic amines) is 1. The minimum atomic E-state index is -0.975. The molecule has 0 aliphatic carbocycles. The van der Waals surface area contributed by atoms with Crippen LogP contribution in [0.2, 0.25) is 0 Å². The Hall–Kier alpha value is -1.10. The molecule has 0 radical (unpaired) electrons. The second-order valence-electron chi connectivity index (χ2n) is 4.49. The van der Waals surface area contributed by atoms with E-state index in [0.29, 0.717) is 19.5 Å². The van der Waals surface area contributed by atoms with E-state index < -0.39 is 11.6 Å². The second kappa shape index (κ2) is 5.30. The number of carboxylic acids is 1. The van der Waals surface area contributed by atoms with Gasteiger partial charge in [0.05, 0.1) is 13.1 Å². The molecule has 0 aromatic heterocycles. The highest BCUT2D eigenvalue weighted by Gasteiger charge is 2.42. The molecule has 16 heavy (non-hydrogen) atoms. The van der Waals surface area contributed by atoms with Crippen LogP contribution in [-0.4, -0.2) is 47.2 Å². The Morgan fingerprint density at radius 2 is 2.06 bits per heavy atom. The SMILES string of the molecule is CCCCC(=O)N1CC(C)(OCC(=O)O)C1. The minimum Gasteiger partial charge on any atom is -0.480 e. The van der Waals surface area contributed by atoms with Gasteiger partial charge in [-0.15, -0.1) is 0 Å². The maximum Gasteiger partial charge on any atom is 0.329 e. The number of hydrogen-bond acceptors (Lipinski definition) is 3. The fourth-order valence-electron chi connectivity index (χ4n) is 1.75. The Labute approximate surface area is 95.4 Å². The molecule has 1 aliphatic heterocycles. The standard InChI is InChI=1S/C11H19NO4/c1-3-4-5-9(13)12-7-11(2,8-12)16-6-10(14)15/h3-8H2,1-2H3,(H,14,15). The number of unbranched alkanes of at least 4 members (excludes halogenated alkanes) is 1. The fourth-order valence-corrected chi connectivity index (χ4v) is 1.75. The third-order valence-electron chi connectivity index (χ3n) is 2.69. The summed E-state index contributed by atoms with van der Waals surface area (Å²) in [5, 5.41) is 8.48. The van der Waals surface area contributed by atoms with Crippen molar-refractivity contribution in [2.75, 3.05) is 19.7 Å². The number of carbonyl (C=O) groups is 2. The molecule has 1 N–H and O–H groups in total. The van der Waals surface area contributed by atoms with Crippen molar-refractivity contribution < 1.29 is 19.4 Å². The highest BCUT2D eigenvalue weighted by molar-refractivity contribution is 5.77. The van der Waals surface area contributed by atoms with E-state index in [1.165, 1.54) is 0 Å². The van der Waals surface area contributed by atoms with Gasteiger partial charge in [-0.1, -0.05) is 13.3 Å². The molecule has 5 heteroatoms. The van der Waals surface area contributed by atoms with Crippen LogP contribution in [0, 0.1) is 0 Å². The molecule has 1 amide bonds. The van der Waals surface area contributed by atoms with E-state index >= 15 is 0 Å². The maximum atomic E-state index is 11.6. The summed E-state index contributed by atoms with van der Waals surface area (Å²) in [6, 6.07) is 0. The molecule has 92 valence electrons. The van der Waals surface area contributed by atoms with Gasteiger partial charge in [-0.05, 0) is 13.3 Å². The topological polar surface area (TPSA) is 66.8 Å². The Balaban J connectivity index is 2.24. The molecule has 0 unspecified atom stereocenters. The van der Waals surface area contributed by atoms with E-state index in [2.05, 4.69) is 0 Å². The van der Waals surface area contributed by atoms with Crippen LogP contribution >= 0.6 is 0 Å². The first-order valence-corrected chi connectivity index (χ1v) is 5.60. The molecular formula is C11H19NO4. The quantitative estimate of drug-likeness (QED) is 0.734. The summed E-state index contributed by atoms with van der Waals surface area (Å²) in [5.41, 5.74) is -0.472. The minimum absolute atomic E-state index is 0.137. The predicted octanol–water partition coefficient (Wildman–Crippen LogP) is 0.879. The highest BCUT2D eigenvalue weighted by Crippen LogP contribution is 2.25. The van der Waals surface area contributed by atoms with Crippen LogP contribution < -0.4 is 0 Å². The summed E-state index contributed by atoms with van der Waals surface area (Å²) in [5.74, 6) is -0.838. The van der Waals surface area contributed by atoms with E-state index in [1.54, 1.807) is 4.90 Å². The van der Waals surface area contributed by atoms with Crippen LogP contribution in [0.25, 0.3) is 0 Å². The van der Waals surface area contributed by atoms with Crippen molar-refractivity contribution in [2.24, 2.45) is 0 Å². The molecule has 1 saturated heterocycles. The molecule has 1 fully saturated rings. The number of carbonyl (C=O) groups excluding carboxylic acids is 1. The van der Waals surface area contributed by atoms with Crippen LogP contribution in [0.4, 0.5) is 0 Å². The van der Waals surface area contributed by atoms with Crippen molar-refractivity contribution in [1.29, 1.82) is 0 Å². The average Bonchev–Trinajstić information content (AvgIpc) is 2.19. The summed E-state index contributed by atoms with van der Waals surface area (Å²) < 4.78 is 5.22. The number of nitrogens with zero attached hydrogens (tertiary/aromatic N) is 1. The number of hydrogen-bond donors (Lipinski definition) is 1. The molecule has 1 aliphatic rings. The normalized spacial score (nSPS) is 18.0. The third kappa shape index (κ3) is 3.48. The van der Waals surface area contributed by atoms with Crippen molar-refractivity contribution >= 4 is 11.9 Å². The summed E-state index contributed by atoms with van der Waals surface area (Å²) in [7, 11) is 0. The van der Waals surface area contributed by atoms with Crippen LogP contribution in [0.5, 0.6) is 0 Å². The molecule has 0 saturated carbocycles. The van der Waals surface area contributed by atoms with Gasteiger partial charge in [0, 0.05) is 6.42 Å². The van der Waals surface area contributed by atoms with Crippen molar-refractivity contribution in [1.82, 2.24) is 4.90 Å². The Kier molecular flexibility index (Phi) is 4.29. The number of ether oxygens (including phenoxy) is 1. The first-order valence-electron chi connectivity index (χ1n) is 5.60. The van der Waals surface area contributed by atoms with E-state index in [4.69, 9.17) is 9.84 Å². The van der Waals surface area contributed by atoms with Gasteiger partial charge in [0.1, 0.15) is 12.2 Å². The van der Waals surface area contributed by atoms with E-state index in [0.717, 1.165) is 12.8 Å². The molecule has 0 aromatic carbocycles. The van der Waals surface area contributed by atoms with Crippen molar-refractivity contribution in [2.45, 2.75) is 38.7 Å². The lowest BCUT2D eigenvalue weighted by Crippen LogP contribution is -2.63. The number of rotatable bonds is 6. The second-order valence-corrected chi connectivity index (χ2v) is 4.49. The van der Waals surface area contributed by atoms with Crippen LogP contribution in [0.3, 0.4) is 0 Å². The summed E-state index contributed by atoms with van der Waals surface area (Å²) >= 11 is 0. The van der Waals surface area contributed by atoms with Crippen molar-refractivity contribution in [3.8, 4) is 0 Å². The molecule has 1 rings (SSSR count). The maximum absolute atomic E-state index is 11.6. The lowest BCUT2D eigenvalue weighted by Gasteiger charge is -2.47. The van der Waals surface area contributed by atoms with Crippen LogP contribution in [0.15, 0.2) is 0 Å². The summed E-state index contributed by atoms with van der Waals surface area (Å²) in [6.07, 6.45) is 2.49. The zero-order valence-electron chi connectivity index (χ0n) is 9.86. The molecule has 0 aromatic rings.